The van der Waals surface area contributed by atoms with Crippen LogP contribution in [-0.4, -0.2) is 51.3 Å². The van der Waals surface area contributed by atoms with Crippen molar-refractivity contribution < 1.29 is 13.2 Å². The number of ether oxygens (including phenoxy) is 1. The van der Waals surface area contributed by atoms with Gasteiger partial charge in [-0.1, -0.05) is 19.9 Å². The van der Waals surface area contributed by atoms with Crippen LogP contribution in [0.1, 0.15) is 26.7 Å². The molecule has 2 aliphatic rings. The van der Waals surface area contributed by atoms with Crippen LogP contribution in [-0.2, 0) is 14.8 Å². The zero-order valence-electron chi connectivity index (χ0n) is 13.8. The minimum Gasteiger partial charge on any atom is -0.493 e. The number of hydrogen-bond acceptors (Lipinski definition) is 4. The smallest absolute Gasteiger partial charge is 0.211 e. The topological polar surface area (TPSA) is 58.6 Å². The Morgan fingerprint density at radius 3 is 2.55 bits per heavy atom. The van der Waals surface area contributed by atoms with Crippen LogP contribution in [0.2, 0.25) is 0 Å². The van der Waals surface area contributed by atoms with Crippen LogP contribution in [0, 0.1) is 11.8 Å². The lowest BCUT2D eigenvalue weighted by atomic mass is 9.91. The molecule has 0 spiro atoms. The number of sulfonamides is 1. The fourth-order valence-electron chi connectivity index (χ4n) is 2.81. The van der Waals surface area contributed by atoms with Gasteiger partial charge in [-0.2, -0.15) is 0 Å². The first-order valence-corrected chi connectivity index (χ1v) is 9.92. The van der Waals surface area contributed by atoms with Crippen LogP contribution < -0.4 is 5.32 Å². The van der Waals surface area contributed by atoms with E-state index in [1.807, 2.05) is 0 Å². The molecule has 5 nitrogen and oxygen atoms in total. The molecule has 0 saturated carbocycles. The molecule has 0 aromatic heterocycles. The maximum Gasteiger partial charge on any atom is 0.211 e. The third kappa shape index (κ3) is 5.11. The van der Waals surface area contributed by atoms with Crippen LogP contribution in [0.5, 0.6) is 0 Å². The number of nitrogens with zero attached hydrogens (tertiary/aromatic N) is 1. The normalized spacial score (nSPS) is 27.7. The molecule has 22 heavy (non-hydrogen) atoms. The highest BCUT2D eigenvalue weighted by Crippen LogP contribution is 2.22. The Labute approximate surface area is 134 Å². The van der Waals surface area contributed by atoms with E-state index in [2.05, 4.69) is 37.4 Å². The summed E-state index contributed by atoms with van der Waals surface area (Å²) in [4.78, 5) is 0. The van der Waals surface area contributed by atoms with Gasteiger partial charge in [0.1, 0.15) is 12.4 Å². The number of rotatable bonds is 6. The van der Waals surface area contributed by atoms with E-state index < -0.39 is 10.0 Å². The minimum atomic E-state index is -3.03. The molecule has 0 amide bonds. The van der Waals surface area contributed by atoms with Crippen molar-refractivity contribution >= 4 is 10.0 Å². The minimum absolute atomic E-state index is 0.386. The average Bonchev–Trinajstić information content (AvgIpc) is 2.47. The molecule has 1 heterocycles. The van der Waals surface area contributed by atoms with E-state index in [9.17, 15) is 8.42 Å². The molecule has 126 valence electrons. The molecule has 6 heteroatoms. The van der Waals surface area contributed by atoms with Crippen molar-refractivity contribution in [3.05, 3.63) is 24.0 Å². The van der Waals surface area contributed by atoms with Crippen LogP contribution in [0.4, 0.5) is 0 Å². The first-order chi connectivity index (χ1) is 10.4. The Balaban J connectivity index is 1.62. The van der Waals surface area contributed by atoms with Crippen molar-refractivity contribution in [2.45, 2.75) is 32.7 Å². The summed E-state index contributed by atoms with van der Waals surface area (Å²) >= 11 is 0. The maximum absolute atomic E-state index is 11.5. The Hall–Kier alpha value is -0.850. The third-order valence-corrected chi connectivity index (χ3v) is 5.85. The third-order valence-electron chi connectivity index (χ3n) is 4.55. The Kier molecular flexibility index (Phi) is 6.06. The van der Waals surface area contributed by atoms with Crippen molar-refractivity contribution in [2.24, 2.45) is 11.8 Å². The van der Waals surface area contributed by atoms with E-state index in [0.29, 0.717) is 37.6 Å². The number of allylic oxidation sites excluding steroid dienone is 3. The standard InChI is InChI=1S/C16H28N2O3S/c1-13-4-5-16(12-14(13)2)21-11-8-17-15-6-9-18(10-7-15)22(3,19)20/h4-5,12-15,17H,6-11H2,1-3H3/t13-,14?/m0/s1. The second-order valence-corrected chi connectivity index (χ2v) is 8.37. The van der Waals surface area contributed by atoms with Crippen molar-refractivity contribution in [1.29, 1.82) is 0 Å². The molecule has 2 rings (SSSR count). The molecule has 1 fully saturated rings. The molecular weight excluding hydrogens is 300 g/mol. The van der Waals surface area contributed by atoms with Gasteiger partial charge in [-0.15, -0.1) is 0 Å². The number of nitrogens with one attached hydrogen (secondary N) is 1. The molecule has 2 atom stereocenters. The van der Waals surface area contributed by atoms with E-state index in [1.54, 1.807) is 4.31 Å². The summed E-state index contributed by atoms with van der Waals surface area (Å²) in [5.41, 5.74) is 0. The van der Waals surface area contributed by atoms with Gasteiger partial charge < -0.3 is 10.1 Å². The Morgan fingerprint density at radius 1 is 1.27 bits per heavy atom. The predicted molar refractivity (Wildman–Crippen MR) is 88.9 cm³/mol. The van der Waals surface area contributed by atoms with Crippen molar-refractivity contribution in [2.75, 3.05) is 32.5 Å². The molecule has 1 unspecified atom stereocenters. The van der Waals surface area contributed by atoms with Gasteiger partial charge in [0.05, 0.1) is 6.26 Å². The lowest BCUT2D eigenvalue weighted by Gasteiger charge is -2.30. The SMILES string of the molecule is CC1C=C(OCCNC2CCN(S(C)(=O)=O)CC2)C=C[C@@H]1C. The van der Waals surface area contributed by atoms with Gasteiger partial charge in [0.2, 0.25) is 10.0 Å². The van der Waals surface area contributed by atoms with Crippen molar-refractivity contribution in [1.82, 2.24) is 9.62 Å². The zero-order chi connectivity index (χ0) is 16.2. The van der Waals surface area contributed by atoms with E-state index >= 15 is 0 Å². The first-order valence-electron chi connectivity index (χ1n) is 8.07. The maximum atomic E-state index is 11.5. The largest absolute Gasteiger partial charge is 0.493 e. The molecule has 1 N–H and O–H groups in total. The summed E-state index contributed by atoms with van der Waals surface area (Å²) in [6, 6.07) is 0.386. The highest BCUT2D eigenvalue weighted by Gasteiger charge is 2.24. The van der Waals surface area contributed by atoms with Crippen LogP contribution in [0.25, 0.3) is 0 Å². The number of hydrogen-bond donors (Lipinski definition) is 1. The Morgan fingerprint density at radius 2 is 1.95 bits per heavy atom. The van der Waals surface area contributed by atoms with Gasteiger partial charge in [-0.25, -0.2) is 12.7 Å². The summed E-state index contributed by atoms with van der Waals surface area (Å²) in [6.07, 6.45) is 9.43. The molecule has 1 aliphatic heterocycles. The summed E-state index contributed by atoms with van der Waals surface area (Å²) in [5.74, 6) is 2.05. The quantitative estimate of drug-likeness (QED) is 0.755. The predicted octanol–water partition coefficient (Wildman–Crippen LogP) is 1.74. The lowest BCUT2D eigenvalue weighted by Crippen LogP contribution is -2.45. The highest BCUT2D eigenvalue weighted by molar-refractivity contribution is 7.88. The average molecular weight is 328 g/mol. The van der Waals surface area contributed by atoms with Gasteiger partial charge >= 0.3 is 0 Å². The van der Waals surface area contributed by atoms with E-state index in [0.717, 1.165) is 25.1 Å². The summed E-state index contributed by atoms with van der Waals surface area (Å²) < 4.78 is 30.2. The van der Waals surface area contributed by atoms with Crippen LogP contribution in [0.15, 0.2) is 24.0 Å². The fourth-order valence-corrected chi connectivity index (χ4v) is 3.68. The zero-order valence-corrected chi connectivity index (χ0v) is 14.6. The second kappa shape index (κ2) is 7.62. The van der Waals surface area contributed by atoms with Crippen molar-refractivity contribution in [3.63, 3.8) is 0 Å². The second-order valence-electron chi connectivity index (χ2n) is 6.39. The fraction of sp³-hybridized carbons (Fsp3) is 0.750. The van der Waals surface area contributed by atoms with Gasteiger partial charge in [0.25, 0.3) is 0 Å². The molecular formula is C16H28N2O3S. The Bertz CT molecular complexity index is 520. The van der Waals surface area contributed by atoms with Gasteiger partial charge in [-0.3, -0.25) is 0 Å². The molecule has 1 saturated heterocycles. The number of piperidine rings is 1. The molecule has 0 aromatic rings. The van der Waals surface area contributed by atoms with Gasteiger partial charge in [-0.05, 0) is 36.8 Å². The first kappa shape index (κ1) is 17.5. The molecule has 0 bridgehead atoms. The van der Waals surface area contributed by atoms with E-state index in [4.69, 9.17) is 4.74 Å². The summed E-state index contributed by atoms with van der Waals surface area (Å²) in [7, 11) is -3.03. The van der Waals surface area contributed by atoms with E-state index in [1.165, 1.54) is 6.26 Å². The molecule has 1 aliphatic carbocycles. The van der Waals surface area contributed by atoms with Gasteiger partial charge in [0, 0.05) is 25.7 Å². The molecule has 0 radical (unpaired) electrons. The van der Waals surface area contributed by atoms with E-state index in [-0.39, 0.29) is 0 Å². The van der Waals surface area contributed by atoms with Crippen LogP contribution in [0.3, 0.4) is 0 Å². The van der Waals surface area contributed by atoms with Crippen molar-refractivity contribution in [3.8, 4) is 0 Å². The monoisotopic (exact) mass is 328 g/mol. The lowest BCUT2D eigenvalue weighted by molar-refractivity contribution is 0.205. The van der Waals surface area contributed by atoms with Gasteiger partial charge in [0.15, 0.2) is 0 Å². The van der Waals surface area contributed by atoms with Crippen LogP contribution >= 0.6 is 0 Å². The summed E-state index contributed by atoms with van der Waals surface area (Å²) in [6.45, 7) is 7.06. The highest BCUT2D eigenvalue weighted by atomic mass is 32.2. The summed E-state index contributed by atoms with van der Waals surface area (Å²) in [5, 5.41) is 3.46. The molecule has 0 aromatic carbocycles.